The van der Waals surface area contributed by atoms with Gasteiger partial charge in [-0.15, -0.1) is 0 Å². The maximum Gasteiger partial charge on any atom is 0.466 e. The number of hydrogen-bond acceptors (Lipinski definition) is 5. The highest BCUT2D eigenvalue weighted by Crippen LogP contribution is 2.25. The smallest absolute Gasteiger partial charge is 0.459 e. The molecule has 0 unspecified atom stereocenters. The Morgan fingerprint density at radius 2 is 1.24 bits per heavy atom. The normalized spacial score (nSPS) is 9.35. The van der Waals surface area contributed by atoms with Crippen LogP contribution in [0.2, 0.25) is 0 Å². The lowest BCUT2D eigenvalue weighted by Gasteiger charge is -2.01. The standard InChI is InChI=1S/C8H10O4.H3O4P/c1-3-7(9)11-5-6-12-8(10)4-2;1-5(2,3)4/h3-4H,1-2,5-6H2;(H3,1,2,3,4). The van der Waals surface area contributed by atoms with Gasteiger partial charge in [0.1, 0.15) is 13.2 Å². The Labute approximate surface area is 97.4 Å². The van der Waals surface area contributed by atoms with Crippen LogP contribution in [0.3, 0.4) is 0 Å². The van der Waals surface area contributed by atoms with Crippen LogP contribution in [0.5, 0.6) is 0 Å². The summed E-state index contributed by atoms with van der Waals surface area (Å²) in [6, 6.07) is 0. The van der Waals surface area contributed by atoms with E-state index in [0.717, 1.165) is 12.2 Å². The Morgan fingerprint density at radius 3 is 1.41 bits per heavy atom. The Hall–Kier alpha value is -1.47. The van der Waals surface area contributed by atoms with Gasteiger partial charge in [-0.25, -0.2) is 14.2 Å². The van der Waals surface area contributed by atoms with E-state index in [9.17, 15) is 9.59 Å². The molecule has 0 aromatic heterocycles. The van der Waals surface area contributed by atoms with E-state index in [1.165, 1.54) is 0 Å². The van der Waals surface area contributed by atoms with Crippen LogP contribution < -0.4 is 0 Å². The van der Waals surface area contributed by atoms with E-state index in [4.69, 9.17) is 19.2 Å². The lowest BCUT2D eigenvalue weighted by Crippen LogP contribution is -2.10. The summed E-state index contributed by atoms with van der Waals surface area (Å²) in [7, 11) is -4.64. The number of carbonyl (C=O) groups is 2. The van der Waals surface area contributed by atoms with Crippen molar-refractivity contribution in [3.8, 4) is 0 Å². The second kappa shape index (κ2) is 9.73. The van der Waals surface area contributed by atoms with Gasteiger partial charge in [0.05, 0.1) is 0 Å². The molecule has 0 fully saturated rings. The molecule has 9 heteroatoms. The van der Waals surface area contributed by atoms with Crippen LogP contribution in [0.25, 0.3) is 0 Å². The van der Waals surface area contributed by atoms with E-state index in [1.54, 1.807) is 0 Å². The molecule has 0 bridgehead atoms. The number of phosphoric acid groups is 1. The molecule has 0 spiro atoms. The Kier molecular flexibility index (Phi) is 10.3. The van der Waals surface area contributed by atoms with Crippen LogP contribution >= 0.6 is 7.82 Å². The molecule has 0 aliphatic carbocycles. The summed E-state index contributed by atoms with van der Waals surface area (Å²) in [5, 5.41) is 0. The molecule has 0 saturated carbocycles. The second-order valence-corrected chi connectivity index (χ2v) is 3.28. The van der Waals surface area contributed by atoms with Crippen molar-refractivity contribution < 1.29 is 38.3 Å². The first-order chi connectivity index (χ1) is 7.70. The van der Waals surface area contributed by atoms with Crippen molar-refractivity contribution in [1.82, 2.24) is 0 Å². The van der Waals surface area contributed by atoms with Crippen LogP contribution in [0.4, 0.5) is 0 Å². The lowest BCUT2D eigenvalue weighted by atomic mass is 10.6. The zero-order chi connectivity index (χ0) is 13.9. The third-order valence-corrected chi connectivity index (χ3v) is 0.905. The average Bonchev–Trinajstić information content (AvgIpc) is 2.21. The summed E-state index contributed by atoms with van der Waals surface area (Å²) in [5.74, 6) is -1.07. The van der Waals surface area contributed by atoms with Gasteiger partial charge >= 0.3 is 19.8 Å². The van der Waals surface area contributed by atoms with Gasteiger partial charge in [-0.1, -0.05) is 13.2 Å². The number of hydrogen-bond donors (Lipinski definition) is 3. The number of esters is 2. The van der Waals surface area contributed by atoms with Crippen LogP contribution in [-0.2, 0) is 23.6 Å². The van der Waals surface area contributed by atoms with E-state index < -0.39 is 19.8 Å². The summed E-state index contributed by atoms with van der Waals surface area (Å²) in [4.78, 5) is 42.4. The van der Waals surface area contributed by atoms with Gasteiger partial charge in [0.2, 0.25) is 0 Å². The van der Waals surface area contributed by atoms with Gasteiger partial charge in [0.25, 0.3) is 0 Å². The van der Waals surface area contributed by atoms with Crippen molar-refractivity contribution in [2.75, 3.05) is 13.2 Å². The average molecular weight is 268 g/mol. The predicted molar refractivity (Wildman–Crippen MR) is 56.6 cm³/mol. The topological polar surface area (TPSA) is 130 Å². The molecule has 0 radical (unpaired) electrons. The highest BCUT2D eigenvalue weighted by atomic mass is 31.2. The van der Waals surface area contributed by atoms with E-state index in [1.807, 2.05) is 0 Å². The first kappa shape index (κ1) is 17.9. The molecule has 17 heavy (non-hydrogen) atoms. The molecule has 0 aromatic rings. The van der Waals surface area contributed by atoms with Crippen LogP contribution in [0, 0.1) is 0 Å². The fourth-order valence-electron chi connectivity index (χ4n) is 0.402. The molecule has 0 aliphatic rings. The Morgan fingerprint density at radius 1 is 1.00 bits per heavy atom. The number of carbonyl (C=O) groups excluding carboxylic acids is 2. The van der Waals surface area contributed by atoms with Gasteiger partial charge in [0.15, 0.2) is 0 Å². The molecule has 0 aliphatic heterocycles. The molecule has 0 rings (SSSR count). The van der Waals surface area contributed by atoms with Crippen molar-refractivity contribution in [3.05, 3.63) is 25.3 Å². The van der Waals surface area contributed by atoms with E-state index >= 15 is 0 Å². The third-order valence-electron chi connectivity index (χ3n) is 0.905. The predicted octanol–water partition coefficient (Wildman–Crippen LogP) is -0.484. The molecule has 0 amide bonds. The molecule has 98 valence electrons. The van der Waals surface area contributed by atoms with E-state index in [2.05, 4.69) is 22.6 Å². The highest BCUT2D eigenvalue weighted by Gasteiger charge is 2.00. The summed E-state index contributed by atoms with van der Waals surface area (Å²) in [5.41, 5.74) is 0. The maximum absolute atomic E-state index is 10.4. The van der Waals surface area contributed by atoms with Crippen molar-refractivity contribution in [1.29, 1.82) is 0 Å². The molecule has 0 aromatic carbocycles. The van der Waals surface area contributed by atoms with Crippen LogP contribution in [0.15, 0.2) is 25.3 Å². The molecule has 3 N–H and O–H groups in total. The van der Waals surface area contributed by atoms with Gasteiger partial charge in [-0.2, -0.15) is 0 Å². The summed E-state index contributed by atoms with van der Waals surface area (Å²) in [6.45, 7) is 6.45. The second-order valence-electron chi connectivity index (χ2n) is 2.26. The number of rotatable bonds is 5. The minimum atomic E-state index is -4.64. The first-order valence-electron chi connectivity index (χ1n) is 4.07. The summed E-state index contributed by atoms with van der Waals surface area (Å²) >= 11 is 0. The summed E-state index contributed by atoms with van der Waals surface area (Å²) in [6.07, 6.45) is 2.07. The Balaban J connectivity index is 0. The van der Waals surface area contributed by atoms with Gasteiger partial charge < -0.3 is 24.2 Å². The molecule has 0 atom stereocenters. The highest BCUT2D eigenvalue weighted by molar-refractivity contribution is 7.45. The SMILES string of the molecule is C=CC(=O)OCCOC(=O)C=C.O=P(O)(O)O. The summed E-state index contributed by atoms with van der Waals surface area (Å²) < 4.78 is 17.9. The largest absolute Gasteiger partial charge is 0.466 e. The van der Waals surface area contributed by atoms with Crippen molar-refractivity contribution >= 4 is 19.8 Å². The zero-order valence-electron chi connectivity index (χ0n) is 8.81. The number of ether oxygens (including phenoxy) is 2. The fraction of sp³-hybridized carbons (Fsp3) is 0.250. The van der Waals surface area contributed by atoms with Gasteiger partial charge in [0, 0.05) is 12.2 Å². The van der Waals surface area contributed by atoms with E-state index in [-0.39, 0.29) is 13.2 Å². The minimum Gasteiger partial charge on any atom is -0.459 e. The van der Waals surface area contributed by atoms with Crippen LogP contribution in [-0.4, -0.2) is 39.8 Å². The van der Waals surface area contributed by atoms with Crippen molar-refractivity contribution in [2.24, 2.45) is 0 Å². The quantitative estimate of drug-likeness (QED) is 0.263. The van der Waals surface area contributed by atoms with Crippen molar-refractivity contribution in [3.63, 3.8) is 0 Å². The first-order valence-corrected chi connectivity index (χ1v) is 5.64. The maximum atomic E-state index is 10.4. The molecule has 8 nitrogen and oxygen atoms in total. The van der Waals surface area contributed by atoms with E-state index in [0.29, 0.717) is 0 Å². The zero-order valence-corrected chi connectivity index (χ0v) is 9.71. The van der Waals surface area contributed by atoms with Gasteiger partial charge in [-0.3, -0.25) is 0 Å². The minimum absolute atomic E-state index is 0.0322. The Bertz CT molecular complexity index is 287. The van der Waals surface area contributed by atoms with Crippen molar-refractivity contribution in [2.45, 2.75) is 0 Å². The monoisotopic (exact) mass is 268 g/mol. The lowest BCUT2D eigenvalue weighted by molar-refractivity contribution is -0.146. The van der Waals surface area contributed by atoms with Crippen LogP contribution in [0.1, 0.15) is 0 Å². The molecular weight excluding hydrogens is 255 g/mol. The fourth-order valence-corrected chi connectivity index (χ4v) is 0.402. The molecule has 0 heterocycles. The molecule has 0 saturated heterocycles. The molecular formula is C8H13O8P. The van der Waals surface area contributed by atoms with Gasteiger partial charge in [-0.05, 0) is 0 Å². The third kappa shape index (κ3) is 25.1.